The predicted molar refractivity (Wildman–Crippen MR) is 96.0 cm³/mol. The van der Waals surface area contributed by atoms with Crippen LogP contribution >= 0.6 is 0 Å². The van der Waals surface area contributed by atoms with Crippen molar-refractivity contribution in [3.8, 4) is 10.1 Å². The molecule has 0 bridgehead atoms. The molecule has 2 aromatic heterocycles. The van der Waals surface area contributed by atoms with Crippen LogP contribution in [0.4, 0.5) is 13.2 Å². The molecule has 7 heteroatoms. The van der Waals surface area contributed by atoms with E-state index in [4.69, 9.17) is 4.42 Å². The van der Waals surface area contributed by atoms with E-state index >= 15 is 0 Å². The Morgan fingerprint density at radius 2 is 1.85 bits per heavy atom. The number of benzene rings is 2. The van der Waals surface area contributed by atoms with Gasteiger partial charge in [0.1, 0.15) is 0 Å². The topological polar surface area (TPSA) is 43.1 Å². The van der Waals surface area contributed by atoms with Gasteiger partial charge < -0.3 is 0 Å². The fourth-order valence-corrected chi connectivity index (χ4v) is 4.59. The van der Waals surface area contributed by atoms with E-state index in [-0.39, 0.29) is 37.2 Å². The van der Waals surface area contributed by atoms with Gasteiger partial charge in [-0.3, -0.25) is 0 Å². The Hall–Kier alpha value is -2.63. The van der Waals surface area contributed by atoms with E-state index in [2.05, 4.69) is 4.98 Å². The quantitative estimate of drug-likeness (QED) is 0.333. The number of alkyl halides is 3. The Morgan fingerprint density at radius 3 is 2.56 bits per heavy atom. The molecule has 0 aliphatic heterocycles. The van der Waals surface area contributed by atoms with Crippen LogP contribution in [0, 0.1) is 6.92 Å². The minimum absolute atomic E-state index is 0.0436. The zero-order chi connectivity index (χ0) is 19.2. The Morgan fingerprint density at radius 1 is 1.11 bits per heavy atom. The number of nitrogens with zero attached hydrogens (tertiary/aromatic N) is 1. The van der Waals surface area contributed by atoms with E-state index in [1.807, 2.05) is 30.3 Å². The normalized spacial score (nSPS) is 11.9. The second-order valence-corrected chi connectivity index (χ2v) is 7.78. The molecule has 2 heterocycles. The molecule has 0 aliphatic rings. The minimum atomic E-state index is -4.47. The summed E-state index contributed by atoms with van der Waals surface area (Å²) in [5, 5.41) is 0.363. The Bertz CT molecular complexity index is 1140. The SMILES string of the molecule is Cc1oc2cc(C(F)(F)F)ccc2c1C(=O)c1c[se]c(-c2ccccc2)n1. The van der Waals surface area contributed by atoms with Crippen molar-refractivity contribution in [3.05, 3.63) is 76.1 Å². The van der Waals surface area contributed by atoms with Crippen molar-refractivity contribution >= 4 is 31.3 Å². The van der Waals surface area contributed by atoms with Gasteiger partial charge in [-0.2, -0.15) is 0 Å². The van der Waals surface area contributed by atoms with Crippen LogP contribution in [0.2, 0.25) is 0 Å². The third-order valence-electron chi connectivity index (χ3n) is 4.18. The van der Waals surface area contributed by atoms with Crippen LogP contribution in [0.3, 0.4) is 0 Å². The van der Waals surface area contributed by atoms with E-state index in [0.717, 1.165) is 22.3 Å². The number of halogens is 3. The molecule has 0 radical (unpaired) electrons. The molecule has 2 aromatic carbocycles. The van der Waals surface area contributed by atoms with Crippen molar-refractivity contribution in [2.24, 2.45) is 0 Å². The predicted octanol–water partition coefficient (Wildman–Crippen LogP) is 5.11. The summed E-state index contributed by atoms with van der Waals surface area (Å²) in [6.45, 7) is 1.57. The first-order valence-electron chi connectivity index (χ1n) is 8.00. The van der Waals surface area contributed by atoms with Gasteiger partial charge in [0.05, 0.1) is 0 Å². The Balaban J connectivity index is 1.75. The van der Waals surface area contributed by atoms with Crippen LogP contribution in [-0.2, 0) is 6.18 Å². The molecule has 0 atom stereocenters. The molecule has 0 spiro atoms. The summed E-state index contributed by atoms with van der Waals surface area (Å²) < 4.78 is 45.0. The number of aryl methyl sites for hydroxylation is 1. The number of rotatable bonds is 3. The Labute approximate surface area is 158 Å². The second-order valence-electron chi connectivity index (χ2n) is 5.97. The van der Waals surface area contributed by atoms with Gasteiger partial charge >= 0.3 is 158 Å². The van der Waals surface area contributed by atoms with Crippen LogP contribution in [-0.4, -0.2) is 25.3 Å². The first-order chi connectivity index (χ1) is 12.8. The number of hydrogen-bond acceptors (Lipinski definition) is 3. The molecule has 136 valence electrons. The molecule has 4 aromatic rings. The number of hydrogen-bond donors (Lipinski definition) is 0. The molecular formula is C20H12F3NO2Se. The molecule has 0 N–H and O–H groups in total. The Kier molecular flexibility index (Phi) is 4.29. The number of aromatic nitrogens is 1. The number of furan rings is 1. The standard InChI is InChI=1S/C20H12F3NO2Se/c1-11-17(14-8-7-13(20(21,22)23)9-16(14)26-11)18(25)15-10-27-19(24-15)12-5-3-2-4-6-12/h2-10H,1H3. The molecular weight excluding hydrogens is 422 g/mol. The molecule has 0 fully saturated rings. The van der Waals surface area contributed by atoms with Gasteiger partial charge in [-0.05, 0) is 0 Å². The fraction of sp³-hybridized carbons (Fsp3) is 0.100. The summed E-state index contributed by atoms with van der Waals surface area (Å²) in [7, 11) is 0. The number of carbonyl (C=O) groups is 1. The molecule has 3 nitrogen and oxygen atoms in total. The molecule has 0 saturated heterocycles. The van der Waals surface area contributed by atoms with Gasteiger partial charge in [-0.15, -0.1) is 0 Å². The van der Waals surface area contributed by atoms with Crippen LogP contribution in [0.25, 0.3) is 21.1 Å². The van der Waals surface area contributed by atoms with Crippen molar-refractivity contribution in [3.63, 3.8) is 0 Å². The van der Waals surface area contributed by atoms with E-state index in [9.17, 15) is 18.0 Å². The third-order valence-corrected chi connectivity index (χ3v) is 6.05. The molecule has 0 aliphatic carbocycles. The van der Waals surface area contributed by atoms with Gasteiger partial charge in [0.25, 0.3) is 0 Å². The van der Waals surface area contributed by atoms with Crippen LogP contribution in [0.1, 0.15) is 27.4 Å². The zero-order valence-corrected chi connectivity index (χ0v) is 15.7. The van der Waals surface area contributed by atoms with E-state index in [0.29, 0.717) is 11.1 Å². The molecule has 4 rings (SSSR count). The van der Waals surface area contributed by atoms with Gasteiger partial charge in [0.2, 0.25) is 0 Å². The number of ketones is 1. The fourth-order valence-electron chi connectivity index (χ4n) is 2.90. The van der Waals surface area contributed by atoms with Crippen molar-refractivity contribution < 1.29 is 22.4 Å². The summed E-state index contributed by atoms with van der Waals surface area (Å²) in [6, 6.07) is 12.7. The first-order valence-corrected chi connectivity index (χ1v) is 9.85. The monoisotopic (exact) mass is 435 g/mol. The number of carbonyl (C=O) groups excluding carboxylic acids is 1. The van der Waals surface area contributed by atoms with Gasteiger partial charge in [0, 0.05) is 0 Å². The maximum atomic E-state index is 13.0. The summed E-state index contributed by atoms with van der Waals surface area (Å²) in [5.41, 5.74) is 0.760. The van der Waals surface area contributed by atoms with Crippen molar-refractivity contribution in [2.75, 3.05) is 0 Å². The van der Waals surface area contributed by atoms with Gasteiger partial charge in [-0.1, -0.05) is 0 Å². The summed E-state index contributed by atoms with van der Waals surface area (Å²) in [5.74, 6) is -0.0510. The van der Waals surface area contributed by atoms with E-state index in [1.54, 1.807) is 11.9 Å². The average Bonchev–Trinajstić information content (AvgIpc) is 3.24. The second kappa shape index (κ2) is 6.51. The maximum absolute atomic E-state index is 13.0. The number of fused-ring (bicyclic) bond motifs is 1. The van der Waals surface area contributed by atoms with Crippen LogP contribution < -0.4 is 0 Å². The first kappa shape index (κ1) is 17.8. The summed E-state index contributed by atoms with van der Waals surface area (Å²) in [6.07, 6.45) is -4.47. The molecule has 27 heavy (non-hydrogen) atoms. The van der Waals surface area contributed by atoms with E-state index < -0.39 is 11.7 Å². The van der Waals surface area contributed by atoms with Crippen molar-refractivity contribution in [1.82, 2.24) is 4.98 Å². The van der Waals surface area contributed by atoms with Gasteiger partial charge in [-0.25, -0.2) is 0 Å². The zero-order valence-electron chi connectivity index (χ0n) is 14.0. The van der Waals surface area contributed by atoms with Gasteiger partial charge in [0.15, 0.2) is 0 Å². The molecule has 0 saturated carbocycles. The van der Waals surface area contributed by atoms with Crippen molar-refractivity contribution in [1.29, 1.82) is 0 Å². The average molecular weight is 434 g/mol. The van der Waals surface area contributed by atoms with Crippen molar-refractivity contribution in [2.45, 2.75) is 13.1 Å². The third kappa shape index (κ3) is 3.24. The van der Waals surface area contributed by atoms with Crippen LogP contribution in [0.5, 0.6) is 0 Å². The summed E-state index contributed by atoms with van der Waals surface area (Å²) >= 11 is -0.0801. The van der Waals surface area contributed by atoms with E-state index in [1.165, 1.54) is 6.07 Å². The summed E-state index contributed by atoms with van der Waals surface area (Å²) in [4.78, 5) is 19.2. The van der Waals surface area contributed by atoms with Crippen LogP contribution in [0.15, 0.2) is 57.9 Å². The molecule has 0 amide bonds. The molecule has 0 unspecified atom stereocenters.